The molecule has 1 aliphatic heterocycles. The highest BCUT2D eigenvalue weighted by molar-refractivity contribution is 9.10. The quantitative estimate of drug-likeness (QED) is 0.377. The number of hydrogen-bond donors (Lipinski definition) is 2. The Bertz CT molecular complexity index is 1290. The molecular formula is C25H18BrCl2N3O3. The van der Waals surface area contributed by atoms with Crippen LogP contribution < -0.4 is 10.6 Å². The highest BCUT2D eigenvalue weighted by Gasteiger charge is 2.37. The molecule has 2 N–H and O–H groups in total. The van der Waals surface area contributed by atoms with E-state index in [0.29, 0.717) is 16.3 Å². The van der Waals surface area contributed by atoms with Gasteiger partial charge in [0.25, 0.3) is 17.7 Å². The van der Waals surface area contributed by atoms with Gasteiger partial charge in [0, 0.05) is 27.3 Å². The molecule has 9 heteroatoms. The van der Waals surface area contributed by atoms with Crippen molar-refractivity contribution in [3.8, 4) is 0 Å². The molecule has 172 valence electrons. The largest absolute Gasteiger partial charge is 0.375 e. The highest BCUT2D eigenvalue weighted by atomic mass is 79.9. The molecule has 0 fully saturated rings. The van der Waals surface area contributed by atoms with Gasteiger partial charge in [-0.05, 0) is 53.6 Å². The number of benzene rings is 3. The van der Waals surface area contributed by atoms with Crippen LogP contribution >= 0.6 is 39.1 Å². The van der Waals surface area contributed by atoms with Crippen LogP contribution in [-0.2, 0) is 22.7 Å². The zero-order chi connectivity index (χ0) is 24.2. The van der Waals surface area contributed by atoms with Crippen molar-refractivity contribution in [1.82, 2.24) is 10.2 Å². The third-order valence-electron chi connectivity index (χ3n) is 5.13. The average Bonchev–Trinajstić information content (AvgIpc) is 3.02. The number of hydrogen-bond acceptors (Lipinski definition) is 4. The van der Waals surface area contributed by atoms with E-state index in [-0.39, 0.29) is 29.7 Å². The lowest BCUT2D eigenvalue weighted by Crippen LogP contribution is -2.33. The summed E-state index contributed by atoms with van der Waals surface area (Å²) < 4.78 is 0.867. The Labute approximate surface area is 214 Å². The maximum absolute atomic E-state index is 12.8. The van der Waals surface area contributed by atoms with Crippen LogP contribution in [0.2, 0.25) is 5.02 Å². The first kappa shape index (κ1) is 24.0. The van der Waals surface area contributed by atoms with Crippen LogP contribution in [0.3, 0.4) is 0 Å². The molecule has 0 saturated carbocycles. The normalized spacial score (nSPS) is 13.4. The lowest BCUT2D eigenvalue weighted by Gasteiger charge is -2.15. The van der Waals surface area contributed by atoms with Gasteiger partial charge in [0.15, 0.2) is 0 Å². The molecule has 0 radical (unpaired) electrons. The van der Waals surface area contributed by atoms with Gasteiger partial charge in [-0.1, -0.05) is 69.5 Å². The van der Waals surface area contributed by atoms with Gasteiger partial charge < -0.3 is 10.6 Å². The highest BCUT2D eigenvalue weighted by Crippen LogP contribution is 2.25. The topological polar surface area (TPSA) is 78.5 Å². The second-order valence-electron chi connectivity index (χ2n) is 7.53. The van der Waals surface area contributed by atoms with E-state index in [2.05, 4.69) is 26.6 Å². The Morgan fingerprint density at radius 3 is 2.24 bits per heavy atom. The molecule has 3 aromatic rings. The Morgan fingerprint density at radius 2 is 1.56 bits per heavy atom. The summed E-state index contributed by atoms with van der Waals surface area (Å²) in [4.78, 5) is 38.8. The van der Waals surface area contributed by atoms with E-state index < -0.39 is 11.8 Å². The lowest BCUT2D eigenvalue weighted by molar-refractivity contribution is -0.138. The minimum atomic E-state index is -0.552. The maximum atomic E-state index is 12.8. The minimum Gasteiger partial charge on any atom is -0.375 e. The van der Waals surface area contributed by atoms with Crippen LogP contribution in [0.1, 0.15) is 21.5 Å². The van der Waals surface area contributed by atoms with Gasteiger partial charge in [-0.25, -0.2) is 0 Å². The molecule has 0 bridgehead atoms. The summed E-state index contributed by atoms with van der Waals surface area (Å²) in [5, 5.41) is 6.21. The molecule has 0 aliphatic carbocycles. The first-order valence-electron chi connectivity index (χ1n) is 10.2. The van der Waals surface area contributed by atoms with Gasteiger partial charge in [-0.15, -0.1) is 0 Å². The Balaban J connectivity index is 1.37. The summed E-state index contributed by atoms with van der Waals surface area (Å²) in [7, 11) is 0. The molecule has 34 heavy (non-hydrogen) atoms. The SMILES string of the molecule is O=C(Nc1cccc(Br)c1)c1ccc(CNC2=C(Cl)C(=O)N(Cc3ccc(Cl)cc3)C2=O)cc1. The van der Waals surface area contributed by atoms with Crippen molar-refractivity contribution in [1.29, 1.82) is 0 Å². The van der Waals surface area contributed by atoms with Crippen LogP contribution in [0, 0.1) is 0 Å². The van der Waals surface area contributed by atoms with Gasteiger partial charge in [-0.3, -0.25) is 19.3 Å². The fourth-order valence-electron chi connectivity index (χ4n) is 3.35. The molecule has 4 rings (SSSR count). The number of amides is 3. The molecule has 0 aromatic heterocycles. The molecule has 1 heterocycles. The Hall–Kier alpha value is -3.13. The van der Waals surface area contributed by atoms with Gasteiger partial charge in [0.1, 0.15) is 10.7 Å². The summed E-state index contributed by atoms with van der Waals surface area (Å²) in [6.07, 6.45) is 0. The van der Waals surface area contributed by atoms with Crippen molar-refractivity contribution in [2.24, 2.45) is 0 Å². The van der Waals surface area contributed by atoms with E-state index in [0.717, 1.165) is 20.5 Å². The van der Waals surface area contributed by atoms with E-state index in [1.165, 1.54) is 0 Å². The van der Waals surface area contributed by atoms with Crippen LogP contribution in [0.5, 0.6) is 0 Å². The first-order chi connectivity index (χ1) is 16.3. The number of imide groups is 1. The van der Waals surface area contributed by atoms with Crippen molar-refractivity contribution in [3.05, 3.63) is 110 Å². The molecular weight excluding hydrogens is 541 g/mol. The zero-order valence-electron chi connectivity index (χ0n) is 17.6. The van der Waals surface area contributed by atoms with E-state index in [1.54, 1.807) is 54.6 Å². The van der Waals surface area contributed by atoms with E-state index in [4.69, 9.17) is 23.2 Å². The summed E-state index contributed by atoms with van der Waals surface area (Å²) >= 11 is 15.4. The van der Waals surface area contributed by atoms with Crippen molar-refractivity contribution in [2.45, 2.75) is 13.1 Å². The van der Waals surface area contributed by atoms with Gasteiger partial charge in [0.2, 0.25) is 0 Å². The number of halogens is 3. The van der Waals surface area contributed by atoms with Crippen LogP contribution in [-0.4, -0.2) is 22.6 Å². The molecule has 1 aliphatic rings. The van der Waals surface area contributed by atoms with E-state index >= 15 is 0 Å². The minimum absolute atomic E-state index is 0.0529. The van der Waals surface area contributed by atoms with Crippen LogP contribution in [0.15, 0.2) is 88.0 Å². The molecule has 6 nitrogen and oxygen atoms in total. The summed E-state index contributed by atoms with van der Waals surface area (Å²) in [5.41, 5.74) is 2.79. The number of anilines is 1. The third-order valence-corrected chi connectivity index (χ3v) is 6.23. The Morgan fingerprint density at radius 1 is 0.882 bits per heavy atom. The second kappa shape index (κ2) is 10.4. The van der Waals surface area contributed by atoms with E-state index in [1.807, 2.05) is 18.2 Å². The fourth-order valence-corrected chi connectivity index (χ4v) is 4.12. The van der Waals surface area contributed by atoms with Crippen molar-refractivity contribution < 1.29 is 14.4 Å². The van der Waals surface area contributed by atoms with Crippen LogP contribution in [0.4, 0.5) is 5.69 Å². The molecule has 0 unspecified atom stereocenters. The second-order valence-corrected chi connectivity index (χ2v) is 9.26. The molecule has 3 amide bonds. The summed E-state index contributed by atoms with van der Waals surface area (Å²) in [5.74, 6) is -1.28. The van der Waals surface area contributed by atoms with E-state index in [9.17, 15) is 14.4 Å². The number of rotatable bonds is 7. The predicted octanol–water partition coefficient (Wildman–Crippen LogP) is 5.46. The van der Waals surface area contributed by atoms with Crippen molar-refractivity contribution in [2.75, 3.05) is 5.32 Å². The number of nitrogens with zero attached hydrogens (tertiary/aromatic N) is 1. The summed E-state index contributed by atoms with van der Waals surface area (Å²) in [6.45, 7) is 0.352. The third kappa shape index (κ3) is 5.50. The Kier molecular flexibility index (Phi) is 7.36. The van der Waals surface area contributed by atoms with Crippen molar-refractivity contribution in [3.63, 3.8) is 0 Å². The smallest absolute Gasteiger partial charge is 0.278 e. The monoisotopic (exact) mass is 557 g/mol. The number of nitrogens with one attached hydrogen (secondary N) is 2. The molecule has 0 saturated heterocycles. The van der Waals surface area contributed by atoms with Gasteiger partial charge in [0.05, 0.1) is 6.54 Å². The maximum Gasteiger partial charge on any atom is 0.278 e. The van der Waals surface area contributed by atoms with Crippen LogP contribution in [0.25, 0.3) is 0 Å². The van der Waals surface area contributed by atoms with Gasteiger partial charge in [-0.2, -0.15) is 0 Å². The average molecular weight is 559 g/mol. The first-order valence-corrected chi connectivity index (χ1v) is 11.8. The predicted molar refractivity (Wildman–Crippen MR) is 135 cm³/mol. The van der Waals surface area contributed by atoms with Crippen molar-refractivity contribution >= 4 is 62.5 Å². The lowest BCUT2D eigenvalue weighted by atomic mass is 10.1. The fraction of sp³-hybridized carbons (Fsp3) is 0.0800. The van der Waals surface area contributed by atoms with Gasteiger partial charge >= 0.3 is 0 Å². The molecule has 3 aromatic carbocycles. The summed E-state index contributed by atoms with van der Waals surface area (Å²) in [6, 6.07) is 21.1. The molecule has 0 atom stereocenters. The molecule has 0 spiro atoms. The number of carbonyl (C=O) groups is 3. The number of carbonyl (C=O) groups excluding carboxylic acids is 3. The zero-order valence-corrected chi connectivity index (χ0v) is 20.7. The standard InChI is InChI=1S/C25H18BrCl2N3O3/c26-18-2-1-3-20(12-18)30-23(32)17-8-4-15(5-9-17)13-29-22-21(28)24(33)31(25(22)34)14-16-6-10-19(27)11-7-16/h1-12,29H,13-14H2,(H,30,32).